The van der Waals surface area contributed by atoms with Crippen LogP contribution in [0.25, 0.3) is 11.3 Å². The predicted molar refractivity (Wildman–Crippen MR) is 68.8 cm³/mol. The summed E-state index contributed by atoms with van der Waals surface area (Å²) >= 11 is 0. The molecule has 2 aromatic rings. The minimum atomic E-state index is -0.284. The molecule has 0 saturated carbocycles. The molecule has 3 N–H and O–H groups in total. The third-order valence-electron chi connectivity index (χ3n) is 2.68. The van der Waals surface area contributed by atoms with Gasteiger partial charge < -0.3 is 5.73 Å². The fourth-order valence-electron chi connectivity index (χ4n) is 1.85. The second kappa shape index (κ2) is 4.41. The van der Waals surface area contributed by atoms with E-state index in [9.17, 15) is 4.79 Å². The molecule has 1 aromatic carbocycles. The third-order valence-corrected chi connectivity index (χ3v) is 2.68. The molecule has 0 fully saturated rings. The largest absolute Gasteiger partial charge is 0.397 e. The molecule has 4 heteroatoms. The summed E-state index contributed by atoms with van der Waals surface area (Å²) in [7, 11) is 0. The topological polar surface area (TPSA) is 71.8 Å². The highest BCUT2D eigenvalue weighted by Gasteiger charge is 2.11. The van der Waals surface area contributed by atoms with Crippen molar-refractivity contribution in [1.29, 1.82) is 0 Å². The number of nitrogens with one attached hydrogen (secondary N) is 1. The van der Waals surface area contributed by atoms with E-state index in [1.165, 1.54) is 11.6 Å². The van der Waals surface area contributed by atoms with Gasteiger partial charge >= 0.3 is 0 Å². The number of nitrogen functional groups attached to an aromatic ring is 1. The Morgan fingerprint density at radius 1 is 1.29 bits per heavy atom. The maximum atomic E-state index is 11.1. The first kappa shape index (κ1) is 11.4. The number of hydrogen-bond acceptors (Lipinski definition) is 3. The molecule has 0 amide bonds. The smallest absolute Gasteiger partial charge is 0.266 e. The van der Waals surface area contributed by atoms with E-state index in [4.69, 9.17) is 5.73 Å². The zero-order valence-electron chi connectivity index (χ0n) is 9.90. The standard InChI is InChI=1S/C13H15N3O/c1-8(2)9-5-3-4-6-10(9)13-11(14)7-12(17)15-16-13/h3-8H,1-2H3,(H3,14,15,17). The van der Waals surface area contributed by atoms with Crippen LogP contribution in [0, 0.1) is 0 Å². The summed E-state index contributed by atoms with van der Waals surface area (Å²) in [4.78, 5) is 11.1. The Balaban J connectivity index is 2.64. The Hall–Kier alpha value is -2.10. The summed E-state index contributed by atoms with van der Waals surface area (Å²) in [5.74, 6) is 0.374. The van der Waals surface area contributed by atoms with Crippen molar-refractivity contribution in [2.45, 2.75) is 19.8 Å². The molecular weight excluding hydrogens is 214 g/mol. The van der Waals surface area contributed by atoms with Crippen molar-refractivity contribution in [2.24, 2.45) is 0 Å². The van der Waals surface area contributed by atoms with Crippen LogP contribution in [-0.4, -0.2) is 10.2 Å². The van der Waals surface area contributed by atoms with Gasteiger partial charge in [-0.3, -0.25) is 4.79 Å². The molecule has 0 aliphatic heterocycles. The van der Waals surface area contributed by atoms with Crippen molar-refractivity contribution in [2.75, 3.05) is 5.73 Å². The van der Waals surface area contributed by atoms with Gasteiger partial charge in [-0.05, 0) is 11.5 Å². The van der Waals surface area contributed by atoms with Crippen molar-refractivity contribution < 1.29 is 0 Å². The van der Waals surface area contributed by atoms with Crippen molar-refractivity contribution in [1.82, 2.24) is 10.2 Å². The van der Waals surface area contributed by atoms with Crippen LogP contribution in [-0.2, 0) is 0 Å². The fraction of sp³-hybridized carbons (Fsp3) is 0.231. The second-order valence-corrected chi connectivity index (χ2v) is 4.28. The highest BCUT2D eigenvalue weighted by Crippen LogP contribution is 2.29. The number of anilines is 1. The molecule has 1 aromatic heterocycles. The van der Waals surface area contributed by atoms with Crippen LogP contribution in [0.2, 0.25) is 0 Å². The summed E-state index contributed by atoms with van der Waals surface area (Å²) in [5, 5.41) is 6.45. The van der Waals surface area contributed by atoms with Crippen LogP contribution in [0.3, 0.4) is 0 Å². The lowest BCUT2D eigenvalue weighted by Crippen LogP contribution is -2.10. The monoisotopic (exact) mass is 229 g/mol. The highest BCUT2D eigenvalue weighted by molar-refractivity contribution is 5.74. The number of hydrogen-bond donors (Lipinski definition) is 2. The van der Waals surface area contributed by atoms with Crippen LogP contribution in [0.1, 0.15) is 25.3 Å². The average molecular weight is 229 g/mol. The van der Waals surface area contributed by atoms with Crippen molar-refractivity contribution in [3.05, 3.63) is 46.2 Å². The van der Waals surface area contributed by atoms with Crippen LogP contribution >= 0.6 is 0 Å². The summed E-state index contributed by atoms with van der Waals surface area (Å²) < 4.78 is 0. The maximum Gasteiger partial charge on any atom is 0.266 e. The molecular formula is C13H15N3O. The lowest BCUT2D eigenvalue weighted by molar-refractivity contribution is 0.866. The highest BCUT2D eigenvalue weighted by atomic mass is 16.1. The Bertz CT molecular complexity index is 587. The lowest BCUT2D eigenvalue weighted by Gasteiger charge is -2.12. The summed E-state index contributed by atoms with van der Waals surface area (Å²) in [6.07, 6.45) is 0. The van der Waals surface area contributed by atoms with E-state index >= 15 is 0 Å². The minimum Gasteiger partial charge on any atom is -0.397 e. The van der Waals surface area contributed by atoms with Crippen molar-refractivity contribution >= 4 is 5.69 Å². The van der Waals surface area contributed by atoms with E-state index in [1.807, 2.05) is 24.3 Å². The van der Waals surface area contributed by atoms with Crippen molar-refractivity contribution in [3.63, 3.8) is 0 Å². The number of nitrogens with two attached hydrogens (primary N) is 1. The number of rotatable bonds is 2. The number of aromatic amines is 1. The quantitative estimate of drug-likeness (QED) is 0.828. The fourth-order valence-corrected chi connectivity index (χ4v) is 1.85. The van der Waals surface area contributed by atoms with E-state index < -0.39 is 0 Å². The Morgan fingerprint density at radius 2 is 2.00 bits per heavy atom. The molecule has 2 rings (SSSR count). The number of nitrogens with zero attached hydrogens (tertiary/aromatic N) is 1. The van der Waals surface area contributed by atoms with E-state index in [-0.39, 0.29) is 5.56 Å². The van der Waals surface area contributed by atoms with E-state index in [2.05, 4.69) is 24.0 Å². The zero-order valence-corrected chi connectivity index (χ0v) is 9.90. The SMILES string of the molecule is CC(C)c1ccccc1-c1n[nH]c(=O)cc1N. The number of aromatic nitrogens is 2. The van der Waals surface area contributed by atoms with E-state index in [1.54, 1.807) is 0 Å². The molecule has 1 heterocycles. The maximum absolute atomic E-state index is 11.1. The van der Waals surface area contributed by atoms with Gasteiger partial charge in [0, 0.05) is 11.6 Å². The van der Waals surface area contributed by atoms with Crippen LogP contribution in [0.5, 0.6) is 0 Å². The third kappa shape index (κ3) is 2.20. The average Bonchev–Trinajstić information content (AvgIpc) is 2.29. The predicted octanol–water partition coefficient (Wildman–Crippen LogP) is 2.14. The molecule has 88 valence electrons. The summed E-state index contributed by atoms with van der Waals surface area (Å²) in [6, 6.07) is 9.30. The van der Waals surface area contributed by atoms with E-state index in [0.717, 1.165) is 5.56 Å². The van der Waals surface area contributed by atoms with Gasteiger partial charge in [0.25, 0.3) is 5.56 Å². The van der Waals surface area contributed by atoms with E-state index in [0.29, 0.717) is 17.3 Å². The normalized spacial score (nSPS) is 10.8. The van der Waals surface area contributed by atoms with Gasteiger partial charge in [0.2, 0.25) is 0 Å². The Kier molecular flexibility index (Phi) is 2.95. The summed E-state index contributed by atoms with van der Waals surface area (Å²) in [5.41, 5.74) is 8.73. The number of benzene rings is 1. The first-order valence-corrected chi connectivity index (χ1v) is 5.54. The van der Waals surface area contributed by atoms with Gasteiger partial charge in [-0.1, -0.05) is 38.1 Å². The zero-order chi connectivity index (χ0) is 12.4. The van der Waals surface area contributed by atoms with Crippen LogP contribution < -0.4 is 11.3 Å². The Labute approximate surface area is 99.5 Å². The molecule has 0 bridgehead atoms. The van der Waals surface area contributed by atoms with Crippen LogP contribution in [0.4, 0.5) is 5.69 Å². The lowest BCUT2D eigenvalue weighted by atomic mass is 9.95. The molecule has 17 heavy (non-hydrogen) atoms. The molecule has 4 nitrogen and oxygen atoms in total. The van der Waals surface area contributed by atoms with Crippen molar-refractivity contribution in [3.8, 4) is 11.3 Å². The first-order valence-electron chi connectivity index (χ1n) is 5.54. The second-order valence-electron chi connectivity index (χ2n) is 4.28. The van der Waals surface area contributed by atoms with Gasteiger partial charge in [0.1, 0.15) is 5.69 Å². The molecule has 0 spiro atoms. The van der Waals surface area contributed by atoms with Gasteiger partial charge in [0.05, 0.1) is 5.69 Å². The first-order chi connectivity index (χ1) is 8.09. The molecule has 0 unspecified atom stereocenters. The van der Waals surface area contributed by atoms with Gasteiger partial charge in [0.15, 0.2) is 0 Å². The van der Waals surface area contributed by atoms with Crippen LogP contribution in [0.15, 0.2) is 35.1 Å². The minimum absolute atomic E-state index is 0.284. The summed E-state index contributed by atoms with van der Waals surface area (Å²) in [6.45, 7) is 4.22. The van der Waals surface area contributed by atoms with Gasteiger partial charge in [-0.15, -0.1) is 0 Å². The molecule has 0 radical (unpaired) electrons. The molecule has 0 atom stereocenters. The molecule has 0 saturated heterocycles. The molecule has 0 aliphatic rings. The van der Waals surface area contributed by atoms with Gasteiger partial charge in [-0.2, -0.15) is 5.10 Å². The molecule has 0 aliphatic carbocycles. The number of H-pyrrole nitrogens is 1. The van der Waals surface area contributed by atoms with Gasteiger partial charge in [-0.25, -0.2) is 5.10 Å². The Morgan fingerprint density at radius 3 is 2.65 bits per heavy atom.